The topological polar surface area (TPSA) is 47.6 Å². The predicted molar refractivity (Wildman–Crippen MR) is 85.9 cm³/mol. The standard InChI is InChI=1S/C18H19NO3/c1-3-22-17-9-8-12(10-18(17)21-2)15-11-16(20)13-6-4-5-7-14(13)19-15/h4-10,15,19H,3,11H2,1-2H3. The van der Waals surface area contributed by atoms with E-state index in [4.69, 9.17) is 9.47 Å². The molecule has 1 N–H and O–H groups in total. The zero-order valence-electron chi connectivity index (χ0n) is 12.8. The average Bonchev–Trinajstić information content (AvgIpc) is 2.55. The van der Waals surface area contributed by atoms with Gasteiger partial charge in [-0.15, -0.1) is 0 Å². The van der Waals surface area contributed by atoms with Crippen LogP contribution in [0.15, 0.2) is 42.5 Å². The van der Waals surface area contributed by atoms with E-state index in [0.29, 0.717) is 18.8 Å². The highest BCUT2D eigenvalue weighted by Gasteiger charge is 2.25. The first-order chi connectivity index (χ1) is 10.7. The van der Waals surface area contributed by atoms with Gasteiger partial charge in [-0.25, -0.2) is 0 Å². The van der Waals surface area contributed by atoms with Crippen LogP contribution in [0.5, 0.6) is 11.5 Å². The van der Waals surface area contributed by atoms with Gasteiger partial charge < -0.3 is 14.8 Å². The number of fused-ring (bicyclic) bond motifs is 1. The Kier molecular flexibility index (Phi) is 4.00. The Morgan fingerprint density at radius 2 is 2.00 bits per heavy atom. The van der Waals surface area contributed by atoms with Crippen molar-refractivity contribution >= 4 is 11.5 Å². The second kappa shape index (κ2) is 6.10. The maximum atomic E-state index is 12.3. The zero-order valence-corrected chi connectivity index (χ0v) is 12.8. The number of para-hydroxylation sites is 1. The first kappa shape index (κ1) is 14.4. The minimum Gasteiger partial charge on any atom is -0.493 e. The molecule has 2 aromatic carbocycles. The molecule has 0 aliphatic carbocycles. The molecule has 22 heavy (non-hydrogen) atoms. The number of carbonyl (C=O) groups excluding carboxylic acids is 1. The van der Waals surface area contributed by atoms with Crippen LogP contribution in [0, 0.1) is 0 Å². The van der Waals surface area contributed by atoms with Gasteiger partial charge in [0.2, 0.25) is 0 Å². The summed E-state index contributed by atoms with van der Waals surface area (Å²) in [6.45, 7) is 2.52. The average molecular weight is 297 g/mol. The van der Waals surface area contributed by atoms with Crippen molar-refractivity contribution in [1.82, 2.24) is 0 Å². The van der Waals surface area contributed by atoms with Gasteiger partial charge in [-0.3, -0.25) is 4.79 Å². The highest BCUT2D eigenvalue weighted by molar-refractivity contribution is 6.03. The molecule has 114 valence electrons. The lowest BCUT2D eigenvalue weighted by Crippen LogP contribution is -2.22. The third kappa shape index (κ3) is 2.64. The molecule has 0 saturated heterocycles. The molecule has 4 heteroatoms. The van der Waals surface area contributed by atoms with Crippen LogP contribution in [0.1, 0.15) is 35.3 Å². The van der Waals surface area contributed by atoms with E-state index in [1.54, 1.807) is 7.11 Å². The van der Waals surface area contributed by atoms with Crippen molar-refractivity contribution in [2.24, 2.45) is 0 Å². The van der Waals surface area contributed by atoms with E-state index < -0.39 is 0 Å². The molecule has 0 bridgehead atoms. The van der Waals surface area contributed by atoms with E-state index >= 15 is 0 Å². The molecule has 3 rings (SSSR count). The summed E-state index contributed by atoms with van der Waals surface area (Å²) in [7, 11) is 1.62. The minimum absolute atomic E-state index is 0.0491. The number of anilines is 1. The molecule has 0 amide bonds. The fraction of sp³-hybridized carbons (Fsp3) is 0.278. The smallest absolute Gasteiger partial charge is 0.167 e. The largest absolute Gasteiger partial charge is 0.493 e. The second-order valence-electron chi connectivity index (χ2n) is 5.21. The Hall–Kier alpha value is -2.49. The van der Waals surface area contributed by atoms with Crippen LogP contribution < -0.4 is 14.8 Å². The van der Waals surface area contributed by atoms with Crippen molar-refractivity contribution in [2.45, 2.75) is 19.4 Å². The summed E-state index contributed by atoms with van der Waals surface area (Å²) in [5.41, 5.74) is 2.66. The third-order valence-electron chi connectivity index (χ3n) is 3.84. The first-order valence-corrected chi connectivity index (χ1v) is 7.42. The number of rotatable bonds is 4. The summed E-state index contributed by atoms with van der Waals surface area (Å²) in [5.74, 6) is 1.57. The van der Waals surface area contributed by atoms with E-state index in [1.807, 2.05) is 49.4 Å². The molecule has 0 aromatic heterocycles. The van der Waals surface area contributed by atoms with E-state index in [0.717, 1.165) is 22.6 Å². The quantitative estimate of drug-likeness (QED) is 0.931. The summed E-state index contributed by atoms with van der Waals surface area (Å²) in [6.07, 6.45) is 0.439. The summed E-state index contributed by atoms with van der Waals surface area (Å²) in [6, 6.07) is 13.4. The van der Waals surface area contributed by atoms with Crippen LogP contribution >= 0.6 is 0 Å². The van der Waals surface area contributed by atoms with Crippen molar-refractivity contribution < 1.29 is 14.3 Å². The number of methoxy groups -OCH3 is 1. The maximum absolute atomic E-state index is 12.3. The van der Waals surface area contributed by atoms with Gasteiger partial charge in [0.25, 0.3) is 0 Å². The second-order valence-corrected chi connectivity index (χ2v) is 5.21. The number of nitrogens with one attached hydrogen (secondary N) is 1. The SMILES string of the molecule is CCOc1ccc(C2CC(=O)c3ccccc3N2)cc1OC. The van der Waals surface area contributed by atoms with E-state index in [1.165, 1.54) is 0 Å². The van der Waals surface area contributed by atoms with Crippen LogP contribution in [0.4, 0.5) is 5.69 Å². The van der Waals surface area contributed by atoms with Crippen LogP contribution in [-0.4, -0.2) is 19.5 Å². The fourth-order valence-electron chi connectivity index (χ4n) is 2.76. The van der Waals surface area contributed by atoms with Gasteiger partial charge in [0.15, 0.2) is 17.3 Å². The molecule has 1 unspecified atom stereocenters. The lowest BCUT2D eigenvalue weighted by atomic mass is 9.92. The van der Waals surface area contributed by atoms with Crippen LogP contribution in [0.2, 0.25) is 0 Å². The molecule has 1 aliphatic rings. The Morgan fingerprint density at radius 1 is 1.18 bits per heavy atom. The molecule has 0 fully saturated rings. The zero-order chi connectivity index (χ0) is 15.5. The molecule has 0 radical (unpaired) electrons. The Balaban J connectivity index is 1.91. The summed E-state index contributed by atoms with van der Waals surface area (Å²) in [4.78, 5) is 12.3. The van der Waals surface area contributed by atoms with Gasteiger partial charge in [-0.1, -0.05) is 18.2 Å². The van der Waals surface area contributed by atoms with Crippen molar-refractivity contribution in [3.63, 3.8) is 0 Å². The highest BCUT2D eigenvalue weighted by Crippen LogP contribution is 2.36. The molecule has 0 spiro atoms. The van der Waals surface area contributed by atoms with Gasteiger partial charge >= 0.3 is 0 Å². The van der Waals surface area contributed by atoms with Crippen molar-refractivity contribution in [1.29, 1.82) is 0 Å². The minimum atomic E-state index is -0.0491. The summed E-state index contributed by atoms with van der Waals surface area (Å²) >= 11 is 0. The molecule has 1 atom stereocenters. The van der Waals surface area contributed by atoms with Gasteiger partial charge in [-0.2, -0.15) is 0 Å². The van der Waals surface area contributed by atoms with Gasteiger partial charge in [-0.05, 0) is 36.8 Å². The fourth-order valence-corrected chi connectivity index (χ4v) is 2.76. The highest BCUT2D eigenvalue weighted by atomic mass is 16.5. The molecule has 4 nitrogen and oxygen atoms in total. The van der Waals surface area contributed by atoms with E-state index in [2.05, 4.69) is 5.32 Å². The van der Waals surface area contributed by atoms with Crippen LogP contribution in [0.25, 0.3) is 0 Å². The van der Waals surface area contributed by atoms with Crippen molar-refractivity contribution in [2.75, 3.05) is 19.0 Å². The lowest BCUT2D eigenvalue weighted by molar-refractivity contribution is 0.0972. The molecule has 1 heterocycles. The maximum Gasteiger partial charge on any atom is 0.167 e. The number of ketones is 1. The van der Waals surface area contributed by atoms with E-state index in [-0.39, 0.29) is 11.8 Å². The van der Waals surface area contributed by atoms with E-state index in [9.17, 15) is 4.79 Å². The predicted octanol–water partition coefficient (Wildman–Crippen LogP) is 3.83. The molecular formula is C18H19NO3. The third-order valence-corrected chi connectivity index (χ3v) is 3.84. The number of ether oxygens (including phenoxy) is 2. The molecule has 2 aromatic rings. The number of carbonyl (C=O) groups is 1. The molecule has 1 aliphatic heterocycles. The Morgan fingerprint density at radius 3 is 2.77 bits per heavy atom. The number of Topliss-reactive ketones (excluding diaryl/α,β-unsaturated/α-hetero) is 1. The lowest BCUT2D eigenvalue weighted by Gasteiger charge is -2.27. The molecule has 0 saturated carbocycles. The van der Waals surface area contributed by atoms with Crippen LogP contribution in [-0.2, 0) is 0 Å². The van der Waals surface area contributed by atoms with Crippen LogP contribution in [0.3, 0.4) is 0 Å². The number of benzene rings is 2. The normalized spacial score (nSPS) is 16.6. The Labute approximate surface area is 130 Å². The molecular weight excluding hydrogens is 278 g/mol. The summed E-state index contributed by atoms with van der Waals surface area (Å²) in [5, 5.41) is 3.43. The first-order valence-electron chi connectivity index (χ1n) is 7.42. The van der Waals surface area contributed by atoms with Crippen molar-refractivity contribution in [3.05, 3.63) is 53.6 Å². The monoisotopic (exact) mass is 297 g/mol. The number of hydrogen-bond acceptors (Lipinski definition) is 4. The van der Waals surface area contributed by atoms with Gasteiger partial charge in [0.1, 0.15) is 0 Å². The number of hydrogen-bond donors (Lipinski definition) is 1. The summed E-state index contributed by atoms with van der Waals surface area (Å²) < 4.78 is 10.9. The van der Waals surface area contributed by atoms with Crippen molar-refractivity contribution in [3.8, 4) is 11.5 Å². The Bertz CT molecular complexity index is 696. The van der Waals surface area contributed by atoms with Gasteiger partial charge in [0.05, 0.1) is 19.8 Å². The van der Waals surface area contributed by atoms with Gasteiger partial charge in [0, 0.05) is 17.7 Å².